The molecule has 3 heterocycles. The molecule has 1 aliphatic carbocycles. The highest BCUT2D eigenvalue weighted by Crippen LogP contribution is 2.47. The van der Waals surface area contributed by atoms with Gasteiger partial charge < -0.3 is 19.7 Å². The summed E-state index contributed by atoms with van der Waals surface area (Å²) in [6.07, 6.45) is 4.66. The van der Waals surface area contributed by atoms with Crippen LogP contribution >= 0.6 is 11.5 Å². The highest BCUT2D eigenvalue weighted by Gasteiger charge is 2.48. The summed E-state index contributed by atoms with van der Waals surface area (Å²) in [6.45, 7) is 10.1. The molecule has 5 rings (SSSR count). The summed E-state index contributed by atoms with van der Waals surface area (Å²) in [5.41, 5.74) is 0.490. The van der Waals surface area contributed by atoms with Crippen molar-refractivity contribution in [3.05, 3.63) is 50.7 Å². The van der Waals surface area contributed by atoms with E-state index in [2.05, 4.69) is 16.6 Å². The normalized spacial score (nSPS) is 17.0. The lowest BCUT2D eigenvalue weighted by Crippen LogP contribution is -2.60. The van der Waals surface area contributed by atoms with Crippen molar-refractivity contribution in [1.29, 1.82) is 0 Å². The van der Waals surface area contributed by atoms with Crippen molar-refractivity contribution in [1.82, 2.24) is 18.4 Å². The number of hydrogen-bond donors (Lipinski definition) is 1. The van der Waals surface area contributed by atoms with Crippen molar-refractivity contribution < 1.29 is 14.3 Å². The van der Waals surface area contributed by atoms with E-state index in [4.69, 9.17) is 9.47 Å². The molecule has 41 heavy (non-hydrogen) atoms. The van der Waals surface area contributed by atoms with Gasteiger partial charge in [-0.1, -0.05) is 25.5 Å². The molecule has 2 aromatic heterocycles. The fourth-order valence-corrected chi connectivity index (χ4v) is 6.76. The second kappa shape index (κ2) is 11.5. The molecule has 1 saturated carbocycles. The largest absolute Gasteiger partial charge is 0.497 e. The number of unbranched alkanes of at least 4 members (excludes halogenated alkanes) is 1. The van der Waals surface area contributed by atoms with E-state index in [1.807, 2.05) is 45.0 Å². The van der Waals surface area contributed by atoms with Crippen LogP contribution in [-0.4, -0.2) is 50.3 Å². The van der Waals surface area contributed by atoms with Crippen LogP contribution in [0.5, 0.6) is 5.75 Å². The number of aryl methyl sites for hydroxylation is 1. The molecule has 222 valence electrons. The summed E-state index contributed by atoms with van der Waals surface area (Å²) in [5.74, 6) is 0.786. The molecule has 1 N–H and O–H groups in total. The van der Waals surface area contributed by atoms with Gasteiger partial charge in [0, 0.05) is 37.6 Å². The number of carbonyl (C=O) groups excluding carboxylic acids is 1. The number of methoxy groups -OCH3 is 1. The summed E-state index contributed by atoms with van der Waals surface area (Å²) in [4.78, 5) is 42.0. The lowest BCUT2D eigenvalue weighted by molar-refractivity contribution is -0.0537. The number of anilines is 1. The van der Waals surface area contributed by atoms with E-state index < -0.39 is 5.60 Å². The number of amides is 1. The van der Waals surface area contributed by atoms with Crippen molar-refractivity contribution in [2.75, 3.05) is 25.5 Å². The minimum Gasteiger partial charge on any atom is -0.497 e. The standard InChI is InChI=1S/C30H41N5O5S/c1-6-7-16-34-24-23(25(41-32-24)31-17-20-8-10-22(39-5)11-9-20)26(36)35(27(34)37)21-12-14-30(15-13-21)18-33(19-30)28(38)40-29(2,3)4/h8-11,21,31H,6-7,12-19H2,1-5H3. The maximum absolute atomic E-state index is 14.0. The van der Waals surface area contributed by atoms with Gasteiger partial charge in [0.2, 0.25) is 0 Å². The summed E-state index contributed by atoms with van der Waals surface area (Å²) >= 11 is 1.23. The number of aromatic nitrogens is 3. The number of ether oxygens (including phenoxy) is 2. The van der Waals surface area contributed by atoms with E-state index in [-0.39, 0.29) is 28.8 Å². The molecule has 0 unspecified atom stereocenters. The van der Waals surface area contributed by atoms with E-state index in [0.717, 1.165) is 49.8 Å². The Morgan fingerprint density at radius 3 is 2.44 bits per heavy atom. The van der Waals surface area contributed by atoms with Crippen LogP contribution in [0, 0.1) is 5.41 Å². The molecule has 3 aromatic rings. The maximum Gasteiger partial charge on any atom is 0.410 e. The zero-order valence-electron chi connectivity index (χ0n) is 24.7. The monoisotopic (exact) mass is 583 g/mol. The van der Waals surface area contributed by atoms with Gasteiger partial charge in [0.05, 0.1) is 7.11 Å². The first kappa shape index (κ1) is 29.2. The lowest BCUT2D eigenvalue weighted by Gasteiger charge is -2.53. The zero-order valence-corrected chi connectivity index (χ0v) is 25.5. The third kappa shape index (κ3) is 6.00. The first-order valence-corrected chi connectivity index (χ1v) is 15.3. The number of hydrogen-bond acceptors (Lipinski definition) is 8. The molecule has 0 bridgehead atoms. The predicted molar refractivity (Wildman–Crippen MR) is 161 cm³/mol. The van der Waals surface area contributed by atoms with Gasteiger partial charge in [0.25, 0.3) is 5.56 Å². The smallest absolute Gasteiger partial charge is 0.410 e. The number of likely N-dealkylation sites (tertiary alicyclic amines) is 1. The molecule has 11 heteroatoms. The third-order valence-corrected chi connectivity index (χ3v) is 9.03. The van der Waals surface area contributed by atoms with Gasteiger partial charge in [-0.05, 0) is 82.1 Å². The van der Waals surface area contributed by atoms with Gasteiger partial charge in [-0.3, -0.25) is 13.9 Å². The predicted octanol–water partition coefficient (Wildman–Crippen LogP) is 5.39. The number of fused-ring (bicyclic) bond motifs is 1. The Morgan fingerprint density at radius 1 is 1.15 bits per heavy atom. The summed E-state index contributed by atoms with van der Waals surface area (Å²) in [5, 5.41) is 4.56. The SMILES string of the molecule is CCCCn1c(=O)n(C2CCC3(CC2)CN(C(=O)OC(C)(C)C)C3)c(=O)c2c(NCc3ccc(OC)cc3)snc21. The number of carbonyl (C=O) groups is 1. The average Bonchev–Trinajstić information content (AvgIpc) is 3.34. The third-order valence-electron chi connectivity index (χ3n) is 8.23. The van der Waals surface area contributed by atoms with Crippen molar-refractivity contribution in [3.63, 3.8) is 0 Å². The summed E-state index contributed by atoms with van der Waals surface area (Å²) < 4.78 is 18.5. The molecule has 1 aromatic carbocycles. The lowest BCUT2D eigenvalue weighted by atomic mass is 9.67. The van der Waals surface area contributed by atoms with Crippen LogP contribution in [0.4, 0.5) is 9.80 Å². The topological polar surface area (TPSA) is 108 Å². The zero-order chi connectivity index (χ0) is 29.4. The first-order chi connectivity index (χ1) is 19.5. The molecule has 1 saturated heterocycles. The summed E-state index contributed by atoms with van der Waals surface area (Å²) in [7, 11) is 1.64. The van der Waals surface area contributed by atoms with E-state index in [9.17, 15) is 14.4 Å². The Balaban J connectivity index is 1.37. The highest BCUT2D eigenvalue weighted by molar-refractivity contribution is 7.11. The molecular formula is C30H41N5O5S. The quantitative estimate of drug-likeness (QED) is 0.379. The molecule has 10 nitrogen and oxygen atoms in total. The van der Waals surface area contributed by atoms with Crippen LogP contribution in [0.2, 0.25) is 0 Å². The number of nitrogens with zero attached hydrogens (tertiary/aromatic N) is 4. The van der Waals surface area contributed by atoms with Crippen LogP contribution in [0.3, 0.4) is 0 Å². The average molecular weight is 584 g/mol. The fourth-order valence-electron chi connectivity index (χ4n) is 5.98. The van der Waals surface area contributed by atoms with Crippen molar-refractivity contribution in [3.8, 4) is 5.75 Å². The Kier molecular flexibility index (Phi) is 8.18. The Labute approximate surface area is 244 Å². The molecular weight excluding hydrogens is 542 g/mol. The Bertz CT molecular complexity index is 1500. The molecule has 1 spiro atoms. The van der Waals surface area contributed by atoms with E-state index in [0.29, 0.717) is 42.2 Å². The molecule has 0 atom stereocenters. The second-order valence-electron chi connectivity index (χ2n) is 12.4. The van der Waals surface area contributed by atoms with Crippen LogP contribution < -0.4 is 21.3 Å². The summed E-state index contributed by atoms with van der Waals surface area (Å²) in [6, 6.07) is 7.59. The van der Waals surface area contributed by atoms with Crippen LogP contribution in [0.25, 0.3) is 11.0 Å². The molecule has 2 fully saturated rings. The van der Waals surface area contributed by atoms with Gasteiger partial charge in [0.15, 0.2) is 5.65 Å². The van der Waals surface area contributed by atoms with Crippen molar-refractivity contribution in [2.24, 2.45) is 5.41 Å². The number of rotatable bonds is 8. The molecule has 2 aliphatic rings. The van der Waals surface area contributed by atoms with Crippen LogP contribution in [-0.2, 0) is 17.8 Å². The van der Waals surface area contributed by atoms with Crippen molar-refractivity contribution >= 4 is 33.7 Å². The molecule has 1 amide bonds. The van der Waals surface area contributed by atoms with Gasteiger partial charge in [0.1, 0.15) is 21.7 Å². The number of nitrogens with one attached hydrogen (secondary N) is 1. The molecule has 1 aliphatic heterocycles. The second-order valence-corrected chi connectivity index (χ2v) is 13.2. The van der Waals surface area contributed by atoms with Crippen LogP contribution in [0.1, 0.15) is 77.8 Å². The van der Waals surface area contributed by atoms with Gasteiger partial charge in [-0.2, -0.15) is 4.37 Å². The van der Waals surface area contributed by atoms with E-state index >= 15 is 0 Å². The number of benzene rings is 1. The Morgan fingerprint density at radius 2 is 1.83 bits per heavy atom. The first-order valence-electron chi connectivity index (χ1n) is 14.5. The van der Waals surface area contributed by atoms with E-state index in [1.165, 1.54) is 16.1 Å². The fraction of sp³-hybridized carbons (Fsp3) is 0.600. The van der Waals surface area contributed by atoms with Gasteiger partial charge in [-0.15, -0.1) is 0 Å². The van der Waals surface area contributed by atoms with Crippen LogP contribution in [0.15, 0.2) is 33.9 Å². The molecule has 0 radical (unpaired) electrons. The minimum atomic E-state index is -0.520. The highest BCUT2D eigenvalue weighted by atomic mass is 32.1. The van der Waals surface area contributed by atoms with Crippen molar-refractivity contribution in [2.45, 2.75) is 91.0 Å². The maximum atomic E-state index is 14.0. The Hall–Kier alpha value is -3.34. The van der Waals surface area contributed by atoms with Gasteiger partial charge >= 0.3 is 11.8 Å². The minimum absolute atomic E-state index is 0.0390. The van der Waals surface area contributed by atoms with Gasteiger partial charge in [-0.25, -0.2) is 9.59 Å². The van der Waals surface area contributed by atoms with E-state index in [1.54, 1.807) is 16.6 Å².